The third-order valence-corrected chi connectivity index (χ3v) is 6.56. The zero-order chi connectivity index (χ0) is 22.5. The summed E-state index contributed by atoms with van der Waals surface area (Å²) in [7, 11) is 0. The normalized spacial score (nSPS) is 15.3. The van der Waals surface area contributed by atoms with E-state index in [2.05, 4.69) is 36.4 Å². The van der Waals surface area contributed by atoms with Crippen molar-refractivity contribution in [3.05, 3.63) is 61.8 Å². The molecule has 0 unspecified atom stereocenters. The second-order valence-corrected chi connectivity index (χ2v) is 10.2. The molecule has 8 heteroatoms. The first-order valence-corrected chi connectivity index (χ1v) is 12.2. The number of thiocarbonyl (C=S) groups is 1. The Kier molecular flexibility index (Phi) is 8.35. The topological polar surface area (TPSA) is 38.8 Å². The fourth-order valence-electron chi connectivity index (χ4n) is 3.01. The average Bonchev–Trinajstić information content (AvgIpc) is 2.96. The number of amides is 1. The molecule has 0 atom stereocenters. The SMILES string of the molecule is CCOc1cc(/C=C2\SC(=S)N(CC(C)C)C2=O)cc(I)c1OCc1ccccc1F. The fourth-order valence-corrected chi connectivity index (χ4v) is 5.07. The molecule has 0 aromatic heterocycles. The monoisotopic (exact) mass is 571 g/mol. The van der Waals surface area contributed by atoms with Gasteiger partial charge in [0, 0.05) is 12.1 Å². The summed E-state index contributed by atoms with van der Waals surface area (Å²) in [5, 5.41) is 0. The van der Waals surface area contributed by atoms with Crippen molar-refractivity contribution in [2.45, 2.75) is 27.4 Å². The zero-order valence-electron chi connectivity index (χ0n) is 17.5. The molecule has 2 aromatic rings. The summed E-state index contributed by atoms with van der Waals surface area (Å²) in [6.07, 6.45) is 1.82. The number of benzene rings is 2. The summed E-state index contributed by atoms with van der Waals surface area (Å²) in [5.74, 6) is 1.05. The lowest BCUT2D eigenvalue weighted by molar-refractivity contribution is -0.122. The lowest BCUT2D eigenvalue weighted by atomic mass is 10.1. The van der Waals surface area contributed by atoms with E-state index in [1.165, 1.54) is 17.8 Å². The van der Waals surface area contributed by atoms with Crippen LogP contribution in [0.5, 0.6) is 11.5 Å². The molecule has 1 aliphatic rings. The highest BCUT2D eigenvalue weighted by molar-refractivity contribution is 14.1. The summed E-state index contributed by atoms with van der Waals surface area (Å²) in [6, 6.07) is 10.3. The number of carbonyl (C=O) groups is 1. The van der Waals surface area contributed by atoms with E-state index in [4.69, 9.17) is 21.7 Å². The molecule has 0 bridgehead atoms. The number of hydrogen-bond acceptors (Lipinski definition) is 5. The molecule has 1 heterocycles. The van der Waals surface area contributed by atoms with Gasteiger partial charge in [-0.1, -0.05) is 56.0 Å². The van der Waals surface area contributed by atoms with Gasteiger partial charge < -0.3 is 9.47 Å². The highest BCUT2D eigenvalue weighted by Crippen LogP contribution is 2.38. The molecule has 0 N–H and O–H groups in total. The Morgan fingerprint density at radius 3 is 2.68 bits per heavy atom. The van der Waals surface area contributed by atoms with Gasteiger partial charge in [0.25, 0.3) is 5.91 Å². The molecule has 1 fully saturated rings. The molecule has 4 nitrogen and oxygen atoms in total. The largest absolute Gasteiger partial charge is 0.490 e. The van der Waals surface area contributed by atoms with E-state index in [-0.39, 0.29) is 18.3 Å². The lowest BCUT2D eigenvalue weighted by Gasteiger charge is -2.16. The van der Waals surface area contributed by atoms with Crippen molar-refractivity contribution in [3.8, 4) is 11.5 Å². The van der Waals surface area contributed by atoms with Gasteiger partial charge in [0.15, 0.2) is 11.5 Å². The second kappa shape index (κ2) is 10.8. The first-order valence-electron chi connectivity index (χ1n) is 9.88. The van der Waals surface area contributed by atoms with E-state index in [0.717, 1.165) is 9.13 Å². The highest BCUT2D eigenvalue weighted by Gasteiger charge is 2.32. The molecule has 1 aliphatic heterocycles. The smallest absolute Gasteiger partial charge is 0.266 e. The Morgan fingerprint density at radius 2 is 2.00 bits per heavy atom. The molecule has 0 spiro atoms. The summed E-state index contributed by atoms with van der Waals surface area (Å²) in [6.45, 7) is 7.14. The second-order valence-electron chi connectivity index (χ2n) is 7.33. The average molecular weight is 571 g/mol. The van der Waals surface area contributed by atoms with Crippen LogP contribution in [-0.4, -0.2) is 28.3 Å². The maximum Gasteiger partial charge on any atom is 0.266 e. The standard InChI is InChI=1S/C23H23FINO3S2/c1-4-28-19-10-15(11-20-22(27)26(12-14(2)3)23(30)31-20)9-18(25)21(19)29-13-16-7-5-6-8-17(16)24/h5-11,14H,4,12-13H2,1-3H3/b20-11-. The highest BCUT2D eigenvalue weighted by atomic mass is 127. The molecule has 1 amide bonds. The molecule has 0 aliphatic carbocycles. The van der Waals surface area contributed by atoms with Crippen molar-refractivity contribution >= 4 is 62.9 Å². The summed E-state index contributed by atoms with van der Waals surface area (Å²) >= 11 is 8.86. The van der Waals surface area contributed by atoms with Gasteiger partial charge in [0.2, 0.25) is 0 Å². The van der Waals surface area contributed by atoms with Gasteiger partial charge in [0.05, 0.1) is 15.1 Å². The van der Waals surface area contributed by atoms with Crippen molar-refractivity contribution in [2.75, 3.05) is 13.2 Å². The van der Waals surface area contributed by atoms with Crippen molar-refractivity contribution in [3.63, 3.8) is 0 Å². The maximum absolute atomic E-state index is 13.9. The lowest BCUT2D eigenvalue weighted by Crippen LogP contribution is -2.31. The van der Waals surface area contributed by atoms with Gasteiger partial charge in [-0.05, 0) is 65.3 Å². The molecule has 0 radical (unpaired) electrons. The van der Waals surface area contributed by atoms with E-state index in [9.17, 15) is 9.18 Å². The molecular weight excluding hydrogens is 548 g/mol. The zero-order valence-corrected chi connectivity index (χ0v) is 21.3. The van der Waals surface area contributed by atoms with Crippen LogP contribution in [0, 0.1) is 15.3 Å². The molecule has 2 aromatic carbocycles. The summed E-state index contributed by atoms with van der Waals surface area (Å²) in [4.78, 5) is 15.0. The van der Waals surface area contributed by atoms with Gasteiger partial charge in [-0.2, -0.15) is 0 Å². The van der Waals surface area contributed by atoms with E-state index >= 15 is 0 Å². The quantitative estimate of drug-likeness (QED) is 0.212. The van der Waals surface area contributed by atoms with Crippen LogP contribution in [0.25, 0.3) is 6.08 Å². The molecule has 3 rings (SSSR count). The molecular formula is C23H23FINO3S2. The van der Waals surface area contributed by atoms with Gasteiger partial charge in [-0.25, -0.2) is 4.39 Å². The molecule has 0 saturated carbocycles. The summed E-state index contributed by atoms with van der Waals surface area (Å²) in [5.41, 5.74) is 1.29. The first-order chi connectivity index (χ1) is 14.8. The van der Waals surface area contributed by atoms with Crippen LogP contribution in [0.1, 0.15) is 31.9 Å². The number of halogens is 2. The predicted octanol–water partition coefficient (Wildman–Crippen LogP) is 6.27. The third kappa shape index (κ3) is 5.98. The van der Waals surface area contributed by atoms with Crippen molar-refractivity contribution in [1.82, 2.24) is 4.90 Å². The Morgan fingerprint density at radius 1 is 1.26 bits per heavy atom. The van der Waals surface area contributed by atoms with Gasteiger partial charge in [0.1, 0.15) is 16.7 Å². The van der Waals surface area contributed by atoms with Gasteiger partial charge in [-0.15, -0.1) is 0 Å². The van der Waals surface area contributed by atoms with Crippen molar-refractivity contribution < 1.29 is 18.7 Å². The molecule has 1 saturated heterocycles. The maximum atomic E-state index is 13.9. The number of nitrogens with zero attached hydrogens (tertiary/aromatic N) is 1. The van der Waals surface area contributed by atoms with Gasteiger partial charge in [-0.3, -0.25) is 9.69 Å². The van der Waals surface area contributed by atoms with E-state index in [1.807, 2.05) is 25.1 Å². The fraction of sp³-hybridized carbons (Fsp3) is 0.304. The van der Waals surface area contributed by atoms with Crippen LogP contribution in [0.15, 0.2) is 41.3 Å². The van der Waals surface area contributed by atoms with Crippen LogP contribution in [0.4, 0.5) is 4.39 Å². The van der Waals surface area contributed by atoms with Crippen molar-refractivity contribution in [2.24, 2.45) is 5.92 Å². The molecule has 31 heavy (non-hydrogen) atoms. The Balaban J connectivity index is 1.86. The Labute approximate surface area is 205 Å². The Hall–Kier alpha value is -1.65. The number of thioether (sulfide) groups is 1. The van der Waals surface area contributed by atoms with E-state index in [0.29, 0.717) is 45.4 Å². The van der Waals surface area contributed by atoms with Crippen LogP contribution in [0.3, 0.4) is 0 Å². The van der Waals surface area contributed by atoms with Crippen LogP contribution < -0.4 is 9.47 Å². The Bertz CT molecular complexity index is 1030. The minimum Gasteiger partial charge on any atom is -0.490 e. The number of ether oxygens (including phenoxy) is 2. The minimum absolute atomic E-state index is 0.0726. The van der Waals surface area contributed by atoms with Crippen LogP contribution >= 0.6 is 46.6 Å². The first kappa shape index (κ1) is 24.0. The minimum atomic E-state index is -0.310. The third-order valence-electron chi connectivity index (χ3n) is 4.38. The van der Waals surface area contributed by atoms with Crippen LogP contribution in [0.2, 0.25) is 0 Å². The van der Waals surface area contributed by atoms with Crippen molar-refractivity contribution in [1.29, 1.82) is 0 Å². The predicted molar refractivity (Wildman–Crippen MR) is 136 cm³/mol. The van der Waals surface area contributed by atoms with E-state index < -0.39 is 0 Å². The van der Waals surface area contributed by atoms with E-state index in [1.54, 1.807) is 23.1 Å². The van der Waals surface area contributed by atoms with Crippen LogP contribution in [-0.2, 0) is 11.4 Å². The number of hydrogen-bond donors (Lipinski definition) is 0. The number of rotatable bonds is 8. The molecule has 164 valence electrons. The number of carbonyl (C=O) groups excluding carboxylic acids is 1. The van der Waals surface area contributed by atoms with Gasteiger partial charge >= 0.3 is 0 Å². The summed E-state index contributed by atoms with van der Waals surface area (Å²) < 4.78 is 27.0.